The summed E-state index contributed by atoms with van der Waals surface area (Å²) in [6.07, 6.45) is 5.63. The molecule has 0 amide bonds. The first kappa shape index (κ1) is 29.3. The minimum atomic E-state index is -0.320. The summed E-state index contributed by atoms with van der Waals surface area (Å²) in [4.78, 5) is 0. The maximum absolute atomic E-state index is 2.40. The van der Waals surface area contributed by atoms with Gasteiger partial charge in [-0.3, -0.25) is 0 Å². The number of allylic oxidation sites excluding steroid dienone is 1. The van der Waals surface area contributed by atoms with Crippen LogP contribution in [0.5, 0.6) is 0 Å². The molecule has 0 N–H and O–H groups in total. The predicted molar refractivity (Wildman–Crippen MR) is 220 cm³/mol. The zero-order valence-electron chi connectivity index (χ0n) is 28.7. The summed E-state index contributed by atoms with van der Waals surface area (Å²) in [7, 11) is 0. The lowest BCUT2D eigenvalue weighted by Crippen LogP contribution is -2.25. The van der Waals surface area contributed by atoms with E-state index in [-0.39, 0.29) is 5.41 Å². The van der Waals surface area contributed by atoms with E-state index in [1.165, 1.54) is 99.1 Å². The number of fused-ring (bicyclic) bond motifs is 14. The normalized spacial score (nSPS) is 13.5. The molecule has 0 heterocycles. The van der Waals surface area contributed by atoms with Crippen LogP contribution in [-0.4, -0.2) is 0 Å². The first-order valence-corrected chi connectivity index (χ1v) is 18.3. The van der Waals surface area contributed by atoms with E-state index >= 15 is 0 Å². The summed E-state index contributed by atoms with van der Waals surface area (Å²) in [6, 6.07) is 67.5. The van der Waals surface area contributed by atoms with E-state index in [4.69, 9.17) is 0 Å². The van der Waals surface area contributed by atoms with E-state index in [1.807, 2.05) is 0 Å². The molecule has 2 aliphatic rings. The van der Waals surface area contributed by atoms with Gasteiger partial charge in [0.15, 0.2) is 0 Å². The molecule has 0 unspecified atom stereocenters. The number of rotatable bonds is 4. The molecule has 1 spiro atoms. The van der Waals surface area contributed by atoms with Gasteiger partial charge in [0, 0.05) is 0 Å². The third-order valence-corrected chi connectivity index (χ3v) is 11.7. The Labute approximate surface area is 304 Å². The lowest BCUT2D eigenvalue weighted by molar-refractivity contribution is 0.793. The molecule has 0 heteroatoms. The number of benzene rings is 9. The highest BCUT2D eigenvalue weighted by atomic mass is 14.5. The predicted octanol–water partition coefficient (Wildman–Crippen LogP) is 13.4. The van der Waals surface area contributed by atoms with Crippen molar-refractivity contribution in [1.29, 1.82) is 0 Å². The molecule has 9 aromatic carbocycles. The van der Waals surface area contributed by atoms with Gasteiger partial charge in [-0.1, -0.05) is 194 Å². The van der Waals surface area contributed by atoms with E-state index in [1.54, 1.807) is 0 Å². The summed E-state index contributed by atoms with van der Waals surface area (Å²) in [5, 5.41) is 7.72. The Morgan fingerprint density at radius 1 is 0.385 bits per heavy atom. The maximum atomic E-state index is 2.40. The third-order valence-electron chi connectivity index (χ3n) is 11.7. The van der Waals surface area contributed by atoms with Crippen molar-refractivity contribution in [1.82, 2.24) is 0 Å². The zero-order valence-corrected chi connectivity index (χ0v) is 28.7. The molecule has 0 fully saturated rings. The van der Waals surface area contributed by atoms with Gasteiger partial charge in [0.25, 0.3) is 0 Å². The smallest absolute Gasteiger partial charge is 0.0725 e. The second kappa shape index (κ2) is 11.3. The van der Waals surface area contributed by atoms with Gasteiger partial charge in [0.2, 0.25) is 0 Å². The summed E-state index contributed by atoms with van der Waals surface area (Å²) in [6.45, 7) is 0. The quantitative estimate of drug-likeness (QED) is 0.130. The first-order valence-electron chi connectivity index (χ1n) is 18.3. The Morgan fingerprint density at radius 2 is 0.962 bits per heavy atom. The van der Waals surface area contributed by atoms with Gasteiger partial charge in [-0.2, -0.15) is 0 Å². The standard InChI is InChI=1S/C52H34/c1-2-17-36(18-3-1)50-42-25-7-6-22-38(42)39(43-33-32-34-16-4-5-21-37(34)51(43)50)27-14-19-35-20-15-31-48-49(35)44-26-10-13-30-47(44)52(48)45-28-11-8-23-40(45)41-24-9-12-29-46(41)52/h1-18,20-33H,19H2/b27-14+. The lowest BCUT2D eigenvalue weighted by atomic mass is 9.70. The molecule has 0 aliphatic heterocycles. The summed E-state index contributed by atoms with van der Waals surface area (Å²) in [5.41, 5.74) is 15.9. The molecule has 242 valence electrons. The molecule has 52 heavy (non-hydrogen) atoms. The molecule has 0 saturated carbocycles. The van der Waals surface area contributed by atoms with E-state index in [0.29, 0.717) is 0 Å². The Hall–Kier alpha value is -6.50. The fourth-order valence-electron chi connectivity index (χ4n) is 9.76. The second-order valence-electron chi connectivity index (χ2n) is 14.2. The topological polar surface area (TPSA) is 0 Å². The van der Waals surface area contributed by atoms with Gasteiger partial charge in [0.1, 0.15) is 0 Å². The molecule has 11 rings (SSSR count). The summed E-state index contributed by atoms with van der Waals surface area (Å²) >= 11 is 0. The number of hydrogen-bond donors (Lipinski definition) is 0. The van der Waals surface area contributed by atoms with Crippen molar-refractivity contribution in [3.63, 3.8) is 0 Å². The van der Waals surface area contributed by atoms with E-state index in [2.05, 4.69) is 194 Å². The number of hydrogen-bond acceptors (Lipinski definition) is 0. The molecular formula is C52H34. The molecule has 0 bridgehead atoms. The Bertz CT molecular complexity index is 2880. The monoisotopic (exact) mass is 658 g/mol. The Kier molecular flexibility index (Phi) is 6.33. The summed E-state index contributed by atoms with van der Waals surface area (Å²) < 4.78 is 0. The van der Waals surface area contributed by atoms with Crippen LogP contribution < -0.4 is 0 Å². The maximum Gasteiger partial charge on any atom is 0.0725 e. The molecule has 9 aromatic rings. The van der Waals surface area contributed by atoms with Crippen LogP contribution in [0.25, 0.3) is 71.8 Å². The van der Waals surface area contributed by atoms with Gasteiger partial charge in [-0.25, -0.2) is 0 Å². The zero-order chi connectivity index (χ0) is 34.2. The van der Waals surface area contributed by atoms with Crippen molar-refractivity contribution in [3.8, 4) is 33.4 Å². The van der Waals surface area contributed by atoms with Gasteiger partial charge in [-0.05, 0) is 105 Å². The first-order chi connectivity index (χ1) is 25.8. The van der Waals surface area contributed by atoms with Crippen molar-refractivity contribution < 1.29 is 0 Å². The van der Waals surface area contributed by atoms with Crippen molar-refractivity contribution >= 4 is 38.4 Å². The van der Waals surface area contributed by atoms with Crippen LogP contribution in [0.2, 0.25) is 0 Å². The van der Waals surface area contributed by atoms with Crippen LogP contribution in [0.3, 0.4) is 0 Å². The minimum Gasteiger partial charge on any atom is -0.0795 e. The fourth-order valence-corrected chi connectivity index (χ4v) is 9.76. The summed E-state index contributed by atoms with van der Waals surface area (Å²) in [5.74, 6) is 0. The lowest BCUT2D eigenvalue weighted by Gasteiger charge is -2.30. The van der Waals surface area contributed by atoms with Gasteiger partial charge >= 0.3 is 0 Å². The average molecular weight is 659 g/mol. The highest BCUT2D eigenvalue weighted by molar-refractivity contribution is 6.25. The van der Waals surface area contributed by atoms with Crippen LogP contribution in [0.1, 0.15) is 33.4 Å². The van der Waals surface area contributed by atoms with E-state index < -0.39 is 0 Å². The SMILES string of the molecule is C(=C\c1c2ccccc2c(-c2ccccc2)c2c1ccc1ccccc12)/Cc1cccc2c1-c1ccccc1C21c2ccccc2-c2ccccc21. The fraction of sp³-hybridized carbons (Fsp3) is 0.0385. The molecular weight excluding hydrogens is 625 g/mol. The van der Waals surface area contributed by atoms with Crippen LogP contribution in [-0.2, 0) is 11.8 Å². The van der Waals surface area contributed by atoms with Crippen molar-refractivity contribution in [2.75, 3.05) is 0 Å². The molecule has 0 aromatic heterocycles. The van der Waals surface area contributed by atoms with Crippen molar-refractivity contribution in [2.24, 2.45) is 0 Å². The highest BCUT2D eigenvalue weighted by Crippen LogP contribution is 2.63. The minimum absolute atomic E-state index is 0.320. The molecule has 0 atom stereocenters. The average Bonchev–Trinajstić information content (AvgIpc) is 3.69. The molecule has 0 saturated heterocycles. The molecule has 0 nitrogen and oxygen atoms in total. The van der Waals surface area contributed by atoms with Crippen LogP contribution in [0.4, 0.5) is 0 Å². The van der Waals surface area contributed by atoms with Crippen LogP contribution in [0.15, 0.2) is 188 Å². The van der Waals surface area contributed by atoms with Gasteiger partial charge in [0.05, 0.1) is 5.41 Å². The van der Waals surface area contributed by atoms with E-state index in [0.717, 1.165) is 6.42 Å². The van der Waals surface area contributed by atoms with Crippen LogP contribution >= 0.6 is 0 Å². The van der Waals surface area contributed by atoms with Crippen molar-refractivity contribution in [2.45, 2.75) is 11.8 Å². The molecule has 2 aliphatic carbocycles. The third kappa shape index (κ3) is 3.92. The molecule has 0 radical (unpaired) electrons. The second-order valence-corrected chi connectivity index (χ2v) is 14.2. The van der Waals surface area contributed by atoms with E-state index in [9.17, 15) is 0 Å². The Balaban J connectivity index is 1.11. The van der Waals surface area contributed by atoms with Gasteiger partial charge in [-0.15, -0.1) is 0 Å². The van der Waals surface area contributed by atoms with Gasteiger partial charge < -0.3 is 0 Å². The van der Waals surface area contributed by atoms with Crippen LogP contribution in [0, 0.1) is 0 Å². The largest absolute Gasteiger partial charge is 0.0795 e. The Morgan fingerprint density at radius 3 is 1.71 bits per heavy atom. The highest BCUT2D eigenvalue weighted by Gasteiger charge is 2.51. The van der Waals surface area contributed by atoms with Crippen molar-refractivity contribution in [3.05, 3.63) is 221 Å².